The molecule has 2 heterocycles. The van der Waals surface area contributed by atoms with E-state index in [1.807, 2.05) is 54.8 Å². The molecule has 0 spiro atoms. The molecule has 2 aromatic carbocycles. The van der Waals surface area contributed by atoms with Crippen molar-refractivity contribution in [1.29, 1.82) is 0 Å². The summed E-state index contributed by atoms with van der Waals surface area (Å²) in [6.07, 6.45) is 1.79. The van der Waals surface area contributed by atoms with Crippen molar-refractivity contribution in [3.05, 3.63) is 85.7 Å². The zero-order valence-electron chi connectivity index (χ0n) is 14.0. The molecule has 3 nitrogen and oxygen atoms in total. The van der Waals surface area contributed by atoms with E-state index in [0.717, 1.165) is 26.2 Å². The Morgan fingerprint density at radius 1 is 1.15 bits per heavy atom. The van der Waals surface area contributed by atoms with Gasteiger partial charge in [0.05, 0.1) is 5.56 Å². The zero-order chi connectivity index (χ0) is 18.1. The number of allylic oxidation sites excluding steroid dienone is 1. The van der Waals surface area contributed by atoms with E-state index in [-0.39, 0.29) is 5.78 Å². The topological polar surface area (TPSA) is 35.5 Å². The Balaban J connectivity index is 1.56. The van der Waals surface area contributed by atoms with Gasteiger partial charge in [-0.3, -0.25) is 4.79 Å². The Kier molecular flexibility index (Phi) is 4.66. The monoisotopic (exact) mass is 426 g/mol. The van der Waals surface area contributed by atoms with E-state index in [2.05, 4.69) is 15.9 Å². The number of rotatable bonds is 4. The molecular formula is C21H15BrO3S. The maximum absolute atomic E-state index is 12.6. The summed E-state index contributed by atoms with van der Waals surface area (Å²) < 4.78 is 12.8. The highest BCUT2D eigenvalue weighted by atomic mass is 79.9. The number of ether oxygens (including phenoxy) is 2. The summed E-state index contributed by atoms with van der Waals surface area (Å²) in [5.74, 6) is 1.58. The summed E-state index contributed by atoms with van der Waals surface area (Å²) in [7, 11) is 0. The first-order chi connectivity index (χ1) is 12.6. The summed E-state index contributed by atoms with van der Waals surface area (Å²) in [5, 5.41) is 1.97. The molecule has 3 aromatic rings. The molecule has 0 radical (unpaired) electrons. The number of thiophene rings is 1. The predicted molar refractivity (Wildman–Crippen MR) is 107 cm³/mol. The minimum absolute atomic E-state index is 0.0871. The fourth-order valence-corrected chi connectivity index (χ4v) is 3.68. The molecule has 4 rings (SSSR count). The number of benzene rings is 2. The molecule has 0 amide bonds. The average molecular weight is 427 g/mol. The van der Waals surface area contributed by atoms with Crippen LogP contribution in [0, 0.1) is 6.92 Å². The maximum Gasteiger partial charge on any atom is 0.232 e. The van der Waals surface area contributed by atoms with Crippen molar-refractivity contribution in [1.82, 2.24) is 0 Å². The second-order valence-corrected chi connectivity index (χ2v) is 7.83. The molecule has 130 valence electrons. The van der Waals surface area contributed by atoms with Gasteiger partial charge in [0.25, 0.3) is 0 Å². The van der Waals surface area contributed by atoms with Crippen molar-refractivity contribution >= 4 is 39.1 Å². The molecule has 0 saturated carbocycles. The number of ketones is 1. The number of hydrogen-bond donors (Lipinski definition) is 0. The molecule has 26 heavy (non-hydrogen) atoms. The van der Waals surface area contributed by atoms with Crippen LogP contribution in [0.3, 0.4) is 0 Å². The largest absolute Gasteiger partial charge is 0.488 e. The predicted octanol–water partition coefficient (Wildman–Crippen LogP) is 6.01. The Bertz CT molecular complexity index is 989. The summed E-state index contributed by atoms with van der Waals surface area (Å²) >= 11 is 4.99. The number of hydrogen-bond acceptors (Lipinski definition) is 4. The van der Waals surface area contributed by atoms with Crippen LogP contribution in [-0.4, -0.2) is 5.78 Å². The van der Waals surface area contributed by atoms with Crippen LogP contribution in [-0.2, 0) is 6.61 Å². The Morgan fingerprint density at radius 2 is 1.96 bits per heavy atom. The first kappa shape index (κ1) is 17.1. The standard InChI is InChI=1S/C21H15BrO3S/c1-13-18(24-12-14-4-6-15(22)7-5-14)9-8-17-20(23)19(25-21(13)17)11-16-3-2-10-26-16/h2-11H,12H2,1H3/b19-11-. The summed E-state index contributed by atoms with van der Waals surface area (Å²) in [6.45, 7) is 2.37. The van der Waals surface area contributed by atoms with E-state index < -0.39 is 0 Å². The maximum atomic E-state index is 12.6. The first-order valence-corrected chi connectivity index (χ1v) is 9.77. The van der Waals surface area contributed by atoms with E-state index in [9.17, 15) is 4.79 Å². The molecule has 0 aliphatic carbocycles. The fraction of sp³-hybridized carbons (Fsp3) is 0.0952. The van der Waals surface area contributed by atoms with Crippen LogP contribution < -0.4 is 9.47 Å². The average Bonchev–Trinajstić information content (AvgIpc) is 3.26. The smallest absolute Gasteiger partial charge is 0.232 e. The minimum Gasteiger partial charge on any atom is -0.488 e. The molecule has 0 bridgehead atoms. The van der Waals surface area contributed by atoms with Gasteiger partial charge in [-0.2, -0.15) is 0 Å². The molecule has 0 saturated heterocycles. The quantitative estimate of drug-likeness (QED) is 0.478. The number of carbonyl (C=O) groups excluding carboxylic acids is 1. The minimum atomic E-state index is -0.0871. The highest BCUT2D eigenvalue weighted by molar-refractivity contribution is 9.10. The van der Waals surface area contributed by atoms with Crippen LogP contribution in [0.5, 0.6) is 11.5 Å². The molecule has 5 heteroatoms. The summed E-state index contributed by atoms with van der Waals surface area (Å²) in [5.41, 5.74) is 2.49. The molecule has 1 aliphatic rings. The highest BCUT2D eigenvalue weighted by Gasteiger charge is 2.30. The van der Waals surface area contributed by atoms with Crippen molar-refractivity contribution in [3.63, 3.8) is 0 Å². The van der Waals surface area contributed by atoms with Gasteiger partial charge in [0, 0.05) is 21.0 Å². The van der Waals surface area contributed by atoms with Gasteiger partial charge in [-0.25, -0.2) is 0 Å². The van der Waals surface area contributed by atoms with Crippen LogP contribution >= 0.6 is 27.3 Å². The van der Waals surface area contributed by atoms with Gasteiger partial charge in [-0.15, -0.1) is 11.3 Å². The van der Waals surface area contributed by atoms with Gasteiger partial charge < -0.3 is 9.47 Å². The van der Waals surface area contributed by atoms with Crippen LogP contribution in [0.25, 0.3) is 6.08 Å². The van der Waals surface area contributed by atoms with Crippen molar-refractivity contribution in [3.8, 4) is 11.5 Å². The Labute approximate surface area is 164 Å². The van der Waals surface area contributed by atoms with E-state index in [0.29, 0.717) is 23.7 Å². The van der Waals surface area contributed by atoms with E-state index >= 15 is 0 Å². The third kappa shape index (κ3) is 3.32. The van der Waals surface area contributed by atoms with E-state index in [4.69, 9.17) is 9.47 Å². The molecule has 1 aromatic heterocycles. The molecule has 0 fully saturated rings. The number of halogens is 1. The fourth-order valence-electron chi connectivity index (χ4n) is 2.77. The summed E-state index contributed by atoms with van der Waals surface area (Å²) in [4.78, 5) is 13.6. The Hall–Kier alpha value is -2.37. The van der Waals surface area contributed by atoms with Gasteiger partial charge in [-0.05, 0) is 48.2 Å². The third-order valence-corrected chi connectivity index (χ3v) is 5.51. The zero-order valence-corrected chi connectivity index (χ0v) is 16.4. The van der Waals surface area contributed by atoms with Gasteiger partial charge in [-0.1, -0.05) is 34.1 Å². The van der Waals surface area contributed by atoms with Gasteiger partial charge in [0.2, 0.25) is 5.78 Å². The number of carbonyl (C=O) groups is 1. The van der Waals surface area contributed by atoms with Crippen molar-refractivity contribution in [2.24, 2.45) is 0 Å². The lowest BCUT2D eigenvalue weighted by Crippen LogP contribution is -1.98. The van der Waals surface area contributed by atoms with Crippen LogP contribution in [0.2, 0.25) is 0 Å². The molecule has 0 atom stereocenters. The lowest BCUT2D eigenvalue weighted by molar-refractivity contribution is 0.101. The van der Waals surface area contributed by atoms with E-state index in [1.54, 1.807) is 23.5 Å². The summed E-state index contributed by atoms with van der Waals surface area (Å²) in [6, 6.07) is 15.5. The second-order valence-electron chi connectivity index (χ2n) is 5.94. The lowest BCUT2D eigenvalue weighted by atomic mass is 10.1. The van der Waals surface area contributed by atoms with Crippen LogP contribution in [0.15, 0.2) is 64.1 Å². The van der Waals surface area contributed by atoms with Crippen molar-refractivity contribution < 1.29 is 14.3 Å². The van der Waals surface area contributed by atoms with E-state index in [1.165, 1.54) is 0 Å². The lowest BCUT2D eigenvalue weighted by Gasteiger charge is -2.11. The van der Waals surface area contributed by atoms with Crippen LogP contribution in [0.4, 0.5) is 0 Å². The number of Topliss-reactive ketones (excluding diaryl/α,β-unsaturated/α-hetero) is 1. The molecule has 1 aliphatic heterocycles. The molecule has 0 unspecified atom stereocenters. The van der Waals surface area contributed by atoms with Gasteiger partial charge >= 0.3 is 0 Å². The third-order valence-electron chi connectivity index (χ3n) is 4.16. The van der Waals surface area contributed by atoms with Crippen molar-refractivity contribution in [2.75, 3.05) is 0 Å². The first-order valence-electron chi connectivity index (χ1n) is 8.10. The normalized spacial score (nSPS) is 14.4. The van der Waals surface area contributed by atoms with Crippen LogP contribution in [0.1, 0.15) is 26.4 Å². The van der Waals surface area contributed by atoms with Gasteiger partial charge in [0.1, 0.15) is 18.1 Å². The second kappa shape index (κ2) is 7.09. The molecule has 0 N–H and O–H groups in total. The van der Waals surface area contributed by atoms with Gasteiger partial charge in [0.15, 0.2) is 5.76 Å². The number of fused-ring (bicyclic) bond motifs is 1. The Morgan fingerprint density at radius 3 is 2.69 bits per heavy atom. The SMILES string of the molecule is Cc1c(OCc2ccc(Br)cc2)ccc2c1O/C(=C\c1cccs1)C2=O. The highest BCUT2D eigenvalue weighted by Crippen LogP contribution is 2.39. The van der Waals surface area contributed by atoms with Crippen molar-refractivity contribution in [2.45, 2.75) is 13.5 Å². The molecular weight excluding hydrogens is 412 g/mol.